The van der Waals surface area contributed by atoms with E-state index in [9.17, 15) is 18.0 Å². The quantitative estimate of drug-likeness (QED) is 0.732. The topological polar surface area (TPSA) is 55.1 Å². The molecule has 2 rings (SSSR count). The SMILES string of the molecule is NC1CCc2ccc(C(F)(F)F)cc2NC1=O. The minimum absolute atomic E-state index is 0.206. The summed E-state index contributed by atoms with van der Waals surface area (Å²) in [5.41, 5.74) is 5.66. The van der Waals surface area contributed by atoms with Crippen molar-refractivity contribution in [1.29, 1.82) is 0 Å². The lowest BCUT2D eigenvalue weighted by molar-refractivity contribution is -0.137. The molecular formula is C11H11F3N2O. The van der Waals surface area contributed by atoms with E-state index in [1.807, 2.05) is 0 Å². The molecule has 0 spiro atoms. The zero-order valence-electron chi connectivity index (χ0n) is 8.84. The molecule has 1 aliphatic heterocycles. The lowest BCUT2D eigenvalue weighted by Crippen LogP contribution is -2.34. The molecule has 6 heteroatoms. The fraction of sp³-hybridized carbons (Fsp3) is 0.364. The van der Waals surface area contributed by atoms with Crippen LogP contribution >= 0.6 is 0 Å². The van der Waals surface area contributed by atoms with Gasteiger partial charge in [0.25, 0.3) is 0 Å². The minimum atomic E-state index is -4.41. The zero-order valence-corrected chi connectivity index (χ0v) is 8.84. The maximum atomic E-state index is 12.5. The molecule has 0 saturated carbocycles. The molecule has 92 valence electrons. The molecule has 17 heavy (non-hydrogen) atoms. The summed E-state index contributed by atoms with van der Waals surface area (Å²) in [5.74, 6) is -0.442. The van der Waals surface area contributed by atoms with Crippen LogP contribution in [0.4, 0.5) is 18.9 Å². The normalized spacial score (nSPS) is 20.5. The summed E-state index contributed by atoms with van der Waals surface area (Å²) in [6.07, 6.45) is -3.48. The van der Waals surface area contributed by atoms with Gasteiger partial charge in [0.1, 0.15) is 0 Å². The van der Waals surface area contributed by atoms with Crippen LogP contribution in [-0.2, 0) is 17.4 Å². The van der Waals surface area contributed by atoms with Gasteiger partial charge in [-0.05, 0) is 30.5 Å². The van der Waals surface area contributed by atoms with Crippen LogP contribution in [0.1, 0.15) is 17.5 Å². The van der Waals surface area contributed by atoms with Gasteiger partial charge in [-0.3, -0.25) is 4.79 Å². The van der Waals surface area contributed by atoms with E-state index in [2.05, 4.69) is 5.32 Å². The van der Waals surface area contributed by atoms with E-state index >= 15 is 0 Å². The number of hydrogen-bond acceptors (Lipinski definition) is 2. The average molecular weight is 244 g/mol. The van der Waals surface area contributed by atoms with Crippen LogP contribution < -0.4 is 11.1 Å². The highest BCUT2D eigenvalue weighted by Crippen LogP contribution is 2.33. The molecule has 3 nitrogen and oxygen atoms in total. The lowest BCUT2D eigenvalue weighted by Gasteiger charge is -2.11. The van der Waals surface area contributed by atoms with Gasteiger partial charge in [-0.15, -0.1) is 0 Å². The van der Waals surface area contributed by atoms with Gasteiger partial charge in [0, 0.05) is 5.69 Å². The minimum Gasteiger partial charge on any atom is -0.324 e. The number of rotatable bonds is 0. The first-order chi connectivity index (χ1) is 7.88. The fourth-order valence-corrected chi connectivity index (χ4v) is 1.75. The number of amides is 1. The molecule has 0 aromatic heterocycles. The highest BCUT2D eigenvalue weighted by molar-refractivity contribution is 5.96. The van der Waals surface area contributed by atoms with Crippen molar-refractivity contribution in [2.24, 2.45) is 5.73 Å². The van der Waals surface area contributed by atoms with Gasteiger partial charge >= 0.3 is 6.18 Å². The molecule has 0 radical (unpaired) electrons. The van der Waals surface area contributed by atoms with Crippen molar-refractivity contribution in [2.45, 2.75) is 25.1 Å². The Labute approximate surface area is 95.8 Å². The molecule has 0 saturated heterocycles. The first-order valence-corrected chi connectivity index (χ1v) is 5.14. The van der Waals surface area contributed by atoms with Crippen LogP contribution in [0, 0.1) is 0 Å². The van der Waals surface area contributed by atoms with Crippen LogP contribution in [-0.4, -0.2) is 11.9 Å². The van der Waals surface area contributed by atoms with Crippen molar-refractivity contribution in [3.8, 4) is 0 Å². The first-order valence-electron chi connectivity index (χ1n) is 5.14. The monoisotopic (exact) mass is 244 g/mol. The summed E-state index contributed by atoms with van der Waals surface area (Å²) < 4.78 is 37.5. The van der Waals surface area contributed by atoms with E-state index in [0.717, 1.165) is 12.1 Å². The Bertz CT molecular complexity index is 457. The largest absolute Gasteiger partial charge is 0.416 e. The molecule has 1 amide bonds. The smallest absolute Gasteiger partial charge is 0.324 e. The number of anilines is 1. The second-order valence-electron chi connectivity index (χ2n) is 4.00. The van der Waals surface area contributed by atoms with Crippen molar-refractivity contribution in [2.75, 3.05) is 5.32 Å². The summed E-state index contributed by atoms with van der Waals surface area (Å²) in [5, 5.41) is 2.42. The number of carbonyl (C=O) groups is 1. The summed E-state index contributed by atoms with van der Waals surface area (Å²) in [4.78, 5) is 11.4. The molecule has 1 atom stereocenters. The third kappa shape index (κ3) is 2.41. The van der Waals surface area contributed by atoms with Gasteiger partial charge in [-0.1, -0.05) is 6.07 Å². The molecule has 1 aromatic rings. The number of fused-ring (bicyclic) bond motifs is 1. The van der Waals surface area contributed by atoms with Crippen LogP contribution in [0.25, 0.3) is 0 Å². The standard InChI is InChI=1S/C11H11F3N2O/c12-11(13,14)7-3-1-6-2-4-8(15)10(17)16-9(6)5-7/h1,3,5,8H,2,4,15H2,(H,16,17). The molecule has 1 aliphatic rings. The number of nitrogens with one attached hydrogen (secondary N) is 1. The number of halogens is 3. The van der Waals surface area contributed by atoms with Gasteiger partial charge in [-0.2, -0.15) is 13.2 Å². The molecule has 1 aromatic carbocycles. The maximum absolute atomic E-state index is 12.5. The van der Waals surface area contributed by atoms with E-state index in [-0.39, 0.29) is 5.69 Å². The molecule has 0 aliphatic carbocycles. The summed E-state index contributed by atoms with van der Waals surface area (Å²) >= 11 is 0. The number of aryl methyl sites for hydroxylation is 1. The Kier molecular flexibility index (Phi) is 2.82. The van der Waals surface area contributed by atoms with Crippen molar-refractivity contribution >= 4 is 11.6 Å². The second kappa shape index (κ2) is 4.03. The van der Waals surface area contributed by atoms with Crippen LogP contribution in [0.3, 0.4) is 0 Å². The molecule has 3 N–H and O–H groups in total. The predicted molar refractivity (Wildman–Crippen MR) is 56.4 cm³/mol. The third-order valence-corrected chi connectivity index (χ3v) is 2.76. The lowest BCUT2D eigenvalue weighted by atomic mass is 10.0. The number of benzene rings is 1. The molecule has 1 heterocycles. The average Bonchev–Trinajstić information content (AvgIpc) is 2.37. The van der Waals surface area contributed by atoms with Crippen molar-refractivity contribution < 1.29 is 18.0 Å². The van der Waals surface area contributed by atoms with E-state index in [4.69, 9.17) is 5.73 Å². The molecule has 1 unspecified atom stereocenters. The fourth-order valence-electron chi connectivity index (χ4n) is 1.75. The third-order valence-electron chi connectivity index (χ3n) is 2.76. The molecular weight excluding hydrogens is 233 g/mol. The van der Waals surface area contributed by atoms with Gasteiger partial charge in [0.05, 0.1) is 11.6 Å². The van der Waals surface area contributed by atoms with E-state index < -0.39 is 23.7 Å². The first kappa shape index (κ1) is 11.9. The number of hydrogen-bond donors (Lipinski definition) is 2. The Morgan fingerprint density at radius 3 is 2.71 bits per heavy atom. The van der Waals surface area contributed by atoms with Crippen LogP contribution in [0.5, 0.6) is 0 Å². The molecule has 0 bridgehead atoms. The summed E-state index contributed by atoms with van der Waals surface area (Å²) in [6, 6.07) is 2.68. The Morgan fingerprint density at radius 2 is 2.06 bits per heavy atom. The molecule has 0 fully saturated rings. The van der Waals surface area contributed by atoms with Crippen LogP contribution in [0.15, 0.2) is 18.2 Å². The van der Waals surface area contributed by atoms with Crippen molar-refractivity contribution in [3.05, 3.63) is 29.3 Å². The second-order valence-corrected chi connectivity index (χ2v) is 4.00. The van der Waals surface area contributed by atoms with Gasteiger partial charge in [0.2, 0.25) is 5.91 Å². The Morgan fingerprint density at radius 1 is 1.35 bits per heavy atom. The number of alkyl halides is 3. The zero-order chi connectivity index (χ0) is 12.6. The maximum Gasteiger partial charge on any atom is 0.416 e. The van der Waals surface area contributed by atoms with Crippen LogP contribution in [0.2, 0.25) is 0 Å². The van der Waals surface area contributed by atoms with Gasteiger partial charge in [-0.25, -0.2) is 0 Å². The van der Waals surface area contributed by atoms with E-state index in [1.165, 1.54) is 6.07 Å². The Balaban J connectivity index is 2.39. The van der Waals surface area contributed by atoms with Crippen molar-refractivity contribution in [3.63, 3.8) is 0 Å². The van der Waals surface area contributed by atoms with Gasteiger partial charge < -0.3 is 11.1 Å². The Hall–Kier alpha value is -1.56. The van der Waals surface area contributed by atoms with Gasteiger partial charge in [0.15, 0.2) is 0 Å². The highest BCUT2D eigenvalue weighted by atomic mass is 19.4. The van der Waals surface area contributed by atoms with E-state index in [0.29, 0.717) is 18.4 Å². The van der Waals surface area contributed by atoms with E-state index in [1.54, 1.807) is 0 Å². The predicted octanol–water partition coefficient (Wildman–Crippen LogP) is 1.92. The number of carbonyl (C=O) groups excluding carboxylic acids is 1. The highest BCUT2D eigenvalue weighted by Gasteiger charge is 2.31. The summed E-state index contributed by atoms with van der Waals surface area (Å²) in [7, 11) is 0. The van der Waals surface area contributed by atoms with Crippen molar-refractivity contribution in [1.82, 2.24) is 0 Å². The number of nitrogens with two attached hydrogens (primary N) is 1. The summed E-state index contributed by atoms with van der Waals surface area (Å²) in [6.45, 7) is 0.